The molecule has 5 rings (SSSR count). The van der Waals surface area contributed by atoms with Crippen LogP contribution in [0.15, 0.2) is 91.1 Å². The number of fused-ring (bicyclic) bond motifs is 2. The van der Waals surface area contributed by atoms with Gasteiger partial charge in [-0.2, -0.15) is 0 Å². The second-order valence-electron chi connectivity index (χ2n) is 9.16. The lowest BCUT2D eigenvalue weighted by atomic mass is 10.0. The Morgan fingerprint density at radius 1 is 0.868 bits per heavy atom. The number of nitrogens with zero attached hydrogens (tertiary/aromatic N) is 3. The number of aromatic nitrogens is 1. The molecule has 0 bridgehead atoms. The van der Waals surface area contributed by atoms with Crippen molar-refractivity contribution in [1.29, 1.82) is 0 Å². The summed E-state index contributed by atoms with van der Waals surface area (Å²) in [5.74, 6) is 2.12. The summed E-state index contributed by atoms with van der Waals surface area (Å²) in [5, 5.41) is 0. The van der Waals surface area contributed by atoms with Crippen molar-refractivity contribution >= 4 is 5.91 Å². The molecule has 1 aliphatic rings. The Balaban J connectivity index is 1.40. The summed E-state index contributed by atoms with van der Waals surface area (Å²) < 4.78 is 17.8. The molecule has 7 nitrogen and oxygen atoms in total. The number of rotatable bonds is 4. The van der Waals surface area contributed by atoms with Gasteiger partial charge < -0.3 is 19.1 Å². The largest absolute Gasteiger partial charge is 0.496 e. The fourth-order valence-corrected chi connectivity index (χ4v) is 4.52. The van der Waals surface area contributed by atoms with E-state index >= 15 is 0 Å². The Bertz CT molecular complexity index is 1410. The molecule has 3 aromatic carbocycles. The predicted octanol–water partition coefficient (Wildman–Crippen LogP) is 5.52. The van der Waals surface area contributed by atoms with Gasteiger partial charge in [-0.05, 0) is 47.5 Å². The van der Waals surface area contributed by atoms with Crippen molar-refractivity contribution in [2.75, 3.05) is 40.4 Å². The summed E-state index contributed by atoms with van der Waals surface area (Å²) >= 11 is 0. The van der Waals surface area contributed by atoms with E-state index in [0.717, 1.165) is 16.9 Å². The van der Waals surface area contributed by atoms with Crippen molar-refractivity contribution in [3.05, 3.63) is 102 Å². The molecule has 4 aromatic rings. The highest BCUT2D eigenvalue weighted by Crippen LogP contribution is 2.33. The number of methoxy groups -OCH3 is 1. The normalized spacial score (nSPS) is 14.6. The van der Waals surface area contributed by atoms with Crippen molar-refractivity contribution in [3.63, 3.8) is 0 Å². The van der Waals surface area contributed by atoms with E-state index in [9.17, 15) is 4.79 Å². The third-order valence-corrected chi connectivity index (χ3v) is 6.57. The first-order valence-electron chi connectivity index (χ1n) is 12.7. The minimum absolute atomic E-state index is 0.135. The molecule has 38 heavy (non-hydrogen) atoms. The highest BCUT2D eigenvalue weighted by molar-refractivity contribution is 5.96. The van der Waals surface area contributed by atoms with Gasteiger partial charge in [0.15, 0.2) is 11.5 Å². The molecule has 0 fully saturated rings. The van der Waals surface area contributed by atoms with Crippen LogP contribution in [0.5, 0.6) is 23.1 Å². The Kier molecular flexibility index (Phi) is 7.85. The van der Waals surface area contributed by atoms with Crippen molar-refractivity contribution < 1.29 is 19.0 Å². The average molecular weight is 510 g/mol. The molecule has 0 atom stereocenters. The fourth-order valence-electron chi connectivity index (χ4n) is 4.52. The van der Waals surface area contributed by atoms with Crippen molar-refractivity contribution in [3.8, 4) is 34.3 Å². The number of carbonyl (C=O) groups excluding carboxylic acids is 1. The van der Waals surface area contributed by atoms with Gasteiger partial charge in [0.1, 0.15) is 17.9 Å². The van der Waals surface area contributed by atoms with E-state index in [1.54, 1.807) is 30.3 Å². The second-order valence-corrected chi connectivity index (χ2v) is 9.16. The maximum Gasteiger partial charge on any atom is 0.259 e. The lowest BCUT2D eigenvalue weighted by Crippen LogP contribution is -2.37. The van der Waals surface area contributed by atoms with Crippen LogP contribution in [-0.4, -0.2) is 61.1 Å². The molecule has 0 unspecified atom stereocenters. The molecular formula is C31H31N3O4. The van der Waals surface area contributed by atoms with Gasteiger partial charge in [0, 0.05) is 45.0 Å². The smallest absolute Gasteiger partial charge is 0.259 e. The van der Waals surface area contributed by atoms with Gasteiger partial charge in [-0.25, -0.2) is 4.98 Å². The molecule has 7 heteroatoms. The van der Waals surface area contributed by atoms with Crippen molar-refractivity contribution in [1.82, 2.24) is 14.8 Å². The molecule has 0 aliphatic carbocycles. The van der Waals surface area contributed by atoms with Crippen LogP contribution in [0.25, 0.3) is 11.1 Å². The molecule has 0 saturated carbocycles. The van der Waals surface area contributed by atoms with Crippen LogP contribution < -0.4 is 14.2 Å². The van der Waals surface area contributed by atoms with Crippen LogP contribution in [0.1, 0.15) is 15.9 Å². The number of carbonyl (C=O) groups is 1. The van der Waals surface area contributed by atoms with Crippen LogP contribution in [0.2, 0.25) is 0 Å². The predicted molar refractivity (Wildman–Crippen MR) is 147 cm³/mol. The first-order valence-corrected chi connectivity index (χ1v) is 12.7. The number of hydrogen-bond donors (Lipinski definition) is 0. The number of pyridine rings is 1. The van der Waals surface area contributed by atoms with Crippen LogP contribution in [-0.2, 0) is 6.54 Å². The average Bonchev–Trinajstić information content (AvgIpc) is 2.97. The van der Waals surface area contributed by atoms with Gasteiger partial charge in [0.25, 0.3) is 5.91 Å². The second kappa shape index (κ2) is 11.8. The van der Waals surface area contributed by atoms with Crippen molar-refractivity contribution in [2.24, 2.45) is 0 Å². The molecular weight excluding hydrogens is 478 g/mol. The third-order valence-electron chi connectivity index (χ3n) is 6.57. The van der Waals surface area contributed by atoms with Gasteiger partial charge in [-0.1, -0.05) is 48.5 Å². The monoisotopic (exact) mass is 509 g/mol. The Hall–Kier alpha value is -4.36. The van der Waals surface area contributed by atoms with E-state index in [1.807, 2.05) is 49.5 Å². The third kappa shape index (κ3) is 5.79. The van der Waals surface area contributed by atoms with Gasteiger partial charge in [-0.15, -0.1) is 0 Å². The molecule has 0 saturated heterocycles. The van der Waals surface area contributed by atoms with Gasteiger partial charge in [-0.3, -0.25) is 9.69 Å². The van der Waals surface area contributed by atoms with E-state index in [2.05, 4.69) is 40.2 Å². The molecule has 0 N–H and O–H groups in total. The van der Waals surface area contributed by atoms with E-state index < -0.39 is 0 Å². The molecule has 0 radical (unpaired) electrons. The van der Waals surface area contributed by atoms with Gasteiger partial charge in [0.2, 0.25) is 5.88 Å². The van der Waals surface area contributed by atoms with Crippen LogP contribution >= 0.6 is 0 Å². The lowest BCUT2D eigenvalue weighted by molar-refractivity contribution is 0.0770. The van der Waals surface area contributed by atoms with E-state index in [0.29, 0.717) is 49.8 Å². The van der Waals surface area contributed by atoms with Crippen molar-refractivity contribution in [2.45, 2.75) is 6.54 Å². The van der Waals surface area contributed by atoms with E-state index in [4.69, 9.17) is 14.2 Å². The maximum absolute atomic E-state index is 13.3. The summed E-state index contributed by atoms with van der Waals surface area (Å²) in [5.41, 5.74) is 3.74. The number of para-hydroxylation sites is 3. The summed E-state index contributed by atoms with van der Waals surface area (Å²) in [6.07, 6.45) is 1.62. The summed E-state index contributed by atoms with van der Waals surface area (Å²) in [4.78, 5) is 21.7. The highest BCUT2D eigenvalue weighted by Gasteiger charge is 2.21. The van der Waals surface area contributed by atoms with E-state index in [1.165, 1.54) is 5.56 Å². The van der Waals surface area contributed by atoms with Crippen LogP contribution in [0, 0.1) is 0 Å². The topological polar surface area (TPSA) is 64.1 Å². The maximum atomic E-state index is 13.3. The van der Waals surface area contributed by atoms with Crippen LogP contribution in [0.4, 0.5) is 0 Å². The Labute approximate surface area is 223 Å². The minimum Gasteiger partial charge on any atom is -0.496 e. The number of likely N-dealkylation sites (N-methyl/N-ethyl adjacent to an activating group) is 1. The van der Waals surface area contributed by atoms with Gasteiger partial charge in [0.05, 0.1) is 7.11 Å². The summed E-state index contributed by atoms with van der Waals surface area (Å²) in [6.45, 7) is 3.10. The number of benzene rings is 3. The standard InChI is InChI=1S/C31H31N3O4/c1-33-17-18-34(22-23-9-7-10-24(21-23)25-11-3-4-13-27(25)36-2)19-20-37-28-14-5-6-15-29(28)38-30-26(31(33)35)12-8-16-32-30/h3-16,21H,17-20,22H2,1-2H3. The van der Waals surface area contributed by atoms with Crippen LogP contribution in [0.3, 0.4) is 0 Å². The zero-order valence-corrected chi connectivity index (χ0v) is 21.7. The molecule has 1 amide bonds. The summed E-state index contributed by atoms with van der Waals surface area (Å²) in [6, 6.07) is 27.5. The molecule has 0 spiro atoms. The minimum atomic E-state index is -0.135. The number of ether oxygens (including phenoxy) is 3. The van der Waals surface area contributed by atoms with Gasteiger partial charge >= 0.3 is 0 Å². The van der Waals surface area contributed by atoms with E-state index in [-0.39, 0.29) is 11.8 Å². The number of hydrogen-bond acceptors (Lipinski definition) is 6. The zero-order valence-electron chi connectivity index (χ0n) is 21.7. The fraction of sp³-hybridized carbons (Fsp3) is 0.226. The first kappa shape index (κ1) is 25.3. The number of amides is 1. The zero-order chi connectivity index (χ0) is 26.3. The SMILES string of the molecule is COc1ccccc1-c1cccc(CN2CCOc3ccccc3Oc3ncccc3C(=O)N(C)CC2)c1. The molecule has 2 heterocycles. The molecule has 1 aromatic heterocycles. The lowest BCUT2D eigenvalue weighted by Gasteiger charge is -2.26. The quantitative estimate of drug-likeness (QED) is 0.361. The Morgan fingerprint density at radius 3 is 2.53 bits per heavy atom. The first-order chi connectivity index (χ1) is 18.6. The molecule has 194 valence electrons. The molecule has 1 aliphatic heterocycles. The Morgan fingerprint density at radius 2 is 1.66 bits per heavy atom. The summed E-state index contributed by atoms with van der Waals surface area (Å²) in [7, 11) is 3.50. The highest BCUT2D eigenvalue weighted by atomic mass is 16.5.